The number of esters is 1. The maximum absolute atomic E-state index is 13.1. The van der Waals surface area contributed by atoms with Crippen LogP contribution in [0.1, 0.15) is 27.5 Å². The van der Waals surface area contributed by atoms with Gasteiger partial charge in [-0.1, -0.05) is 54.6 Å². The van der Waals surface area contributed by atoms with E-state index in [0.717, 1.165) is 0 Å². The molecule has 0 aliphatic carbocycles. The zero-order chi connectivity index (χ0) is 25.2. The van der Waals surface area contributed by atoms with E-state index in [2.05, 4.69) is 15.6 Å². The number of aliphatic hydroxyl groups is 1. The Kier molecular flexibility index (Phi) is 8.91. The molecule has 182 valence electrons. The number of ether oxygens (including phenoxy) is 2. The van der Waals surface area contributed by atoms with Gasteiger partial charge in [0.1, 0.15) is 6.04 Å². The van der Waals surface area contributed by atoms with E-state index in [1.54, 1.807) is 72.8 Å². The highest BCUT2D eigenvalue weighted by molar-refractivity contribution is 5.95. The normalized spacial score (nSPS) is 13.1. The fourth-order valence-electron chi connectivity index (χ4n) is 3.55. The summed E-state index contributed by atoms with van der Waals surface area (Å²) in [5, 5.41) is 16.2. The Labute approximate surface area is 203 Å². The molecule has 3 atom stereocenters. The first-order valence-electron chi connectivity index (χ1n) is 10.9. The monoisotopic (exact) mass is 477 g/mol. The minimum absolute atomic E-state index is 0.0223. The lowest BCUT2D eigenvalue weighted by Crippen LogP contribution is -2.51. The SMILES string of the molecule is COC(=O)[C@H](Cc1cccnc1OC)NC(=O)[C@H](O)[C@@H](NC(=O)c1ccccc1)c1ccccc1. The number of carbonyl (C=O) groups excluding carboxylic acids is 3. The first kappa shape index (κ1) is 25.4. The largest absolute Gasteiger partial charge is 0.481 e. The van der Waals surface area contributed by atoms with Crippen LogP contribution >= 0.6 is 0 Å². The number of benzene rings is 2. The van der Waals surface area contributed by atoms with Crippen LogP contribution in [0.3, 0.4) is 0 Å². The van der Waals surface area contributed by atoms with Gasteiger partial charge in [-0.25, -0.2) is 9.78 Å². The predicted octanol–water partition coefficient (Wildman–Crippen LogP) is 1.82. The zero-order valence-corrected chi connectivity index (χ0v) is 19.4. The number of aliphatic hydroxyl groups excluding tert-OH is 1. The summed E-state index contributed by atoms with van der Waals surface area (Å²) < 4.78 is 10.1. The third kappa shape index (κ3) is 6.64. The Bertz CT molecular complexity index is 1140. The molecule has 1 heterocycles. The summed E-state index contributed by atoms with van der Waals surface area (Å²) in [6, 6.07) is 18.2. The molecule has 2 aromatic carbocycles. The molecule has 0 spiro atoms. The highest BCUT2D eigenvalue weighted by Gasteiger charge is 2.33. The molecule has 1 aromatic heterocycles. The predicted molar refractivity (Wildman–Crippen MR) is 128 cm³/mol. The number of methoxy groups -OCH3 is 2. The van der Waals surface area contributed by atoms with Gasteiger partial charge in [0.25, 0.3) is 11.8 Å². The minimum atomic E-state index is -1.70. The standard InChI is InChI=1S/C26H27N3O6/c1-34-25-19(14-9-15-27-25)16-20(26(33)35-2)28-24(32)22(30)21(17-10-5-3-6-11-17)29-23(31)18-12-7-4-8-13-18/h3-15,20-22,30H,16H2,1-2H3,(H,28,32)(H,29,31)/t20-,21-,22+/m0/s1. The number of carbonyl (C=O) groups is 3. The quantitative estimate of drug-likeness (QED) is 0.380. The van der Waals surface area contributed by atoms with Crippen molar-refractivity contribution in [2.24, 2.45) is 0 Å². The average molecular weight is 478 g/mol. The maximum atomic E-state index is 13.1. The van der Waals surface area contributed by atoms with Gasteiger partial charge in [0.05, 0.1) is 20.3 Å². The zero-order valence-electron chi connectivity index (χ0n) is 19.4. The van der Waals surface area contributed by atoms with Crippen LogP contribution in [-0.2, 0) is 20.7 Å². The molecule has 9 heteroatoms. The Balaban J connectivity index is 1.82. The van der Waals surface area contributed by atoms with Gasteiger partial charge in [-0.15, -0.1) is 0 Å². The van der Waals surface area contributed by atoms with Crippen molar-refractivity contribution >= 4 is 17.8 Å². The molecule has 2 amide bonds. The second kappa shape index (κ2) is 12.3. The number of nitrogens with zero attached hydrogens (tertiary/aromatic N) is 1. The maximum Gasteiger partial charge on any atom is 0.328 e. The summed E-state index contributed by atoms with van der Waals surface area (Å²) in [6.07, 6.45) is -0.139. The van der Waals surface area contributed by atoms with E-state index in [1.165, 1.54) is 20.4 Å². The van der Waals surface area contributed by atoms with Crippen LogP contribution in [0, 0.1) is 0 Å². The number of rotatable bonds is 10. The molecular weight excluding hydrogens is 450 g/mol. The van der Waals surface area contributed by atoms with Crippen LogP contribution in [-0.4, -0.2) is 54.2 Å². The molecule has 0 radical (unpaired) electrons. The fourth-order valence-corrected chi connectivity index (χ4v) is 3.55. The van der Waals surface area contributed by atoms with Gasteiger partial charge in [0.15, 0.2) is 6.10 Å². The van der Waals surface area contributed by atoms with E-state index in [0.29, 0.717) is 22.6 Å². The van der Waals surface area contributed by atoms with Crippen LogP contribution < -0.4 is 15.4 Å². The number of nitrogens with one attached hydrogen (secondary N) is 2. The van der Waals surface area contributed by atoms with Crippen molar-refractivity contribution in [2.75, 3.05) is 14.2 Å². The lowest BCUT2D eigenvalue weighted by molar-refractivity contribution is -0.146. The lowest BCUT2D eigenvalue weighted by atomic mass is 9.99. The van der Waals surface area contributed by atoms with Crippen molar-refractivity contribution in [3.05, 3.63) is 95.7 Å². The van der Waals surface area contributed by atoms with Crippen molar-refractivity contribution in [1.82, 2.24) is 15.6 Å². The molecule has 3 rings (SSSR count). The molecule has 0 fully saturated rings. The first-order chi connectivity index (χ1) is 16.9. The number of hydrogen-bond acceptors (Lipinski definition) is 7. The van der Waals surface area contributed by atoms with Gasteiger partial charge in [0, 0.05) is 23.7 Å². The van der Waals surface area contributed by atoms with Gasteiger partial charge in [-0.2, -0.15) is 0 Å². The number of hydrogen-bond donors (Lipinski definition) is 3. The van der Waals surface area contributed by atoms with E-state index in [9.17, 15) is 19.5 Å². The lowest BCUT2D eigenvalue weighted by Gasteiger charge is -2.26. The van der Waals surface area contributed by atoms with E-state index >= 15 is 0 Å². The van der Waals surface area contributed by atoms with Crippen LogP contribution in [0.5, 0.6) is 5.88 Å². The van der Waals surface area contributed by atoms with Crippen molar-refractivity contribution in [3.63, 3.8) is 0 Å². The molecule has 0 unspecified atom stereocenters. The number of amides is 2. The summed E-state index contributed by atoms with van der Waals surface area (Å²) in [7, 11) is 2.65. The Hall–Kier alpha value is -4.24. The summed E-state index contributed by atoms with van der Waals surface area (Å²) in [5.41, 5.74) is 1.46. The van der Waals surface area contributed by atoms with Gasteiger partial charge in [-0.3, -0.25) is 9.59 Å². The topological polar surface area (TPSA) is 127 Å². The number of aromatic nitrogens is 1. The fraction of sp³-hybridized carbons (Fsp3) is 0.231. The molecule has 0 saturated carbocycles. The molecule has 0 aliphatic heterocycles. The Morgan fingerprint density at radius 2 is 1.57 bits per heavy atom. The van der Waals surface area contributed by atoms with Crippen LogP contribution in [0.4, 0.5) is 0 Å². The molecule has 3 N–H and O–H groups in total. The molecule has 9 nitrogen and oxygen atoms in total. The van der Waals surface area contributed by atoms with E-state index in [-0.39, 0.29) is 6.42 Å². The second-order valence-electron chi connectivity index (χ2n) is 7.63. The van der Waals surface area contributed by atoms with Crippen molar-refractivity contribution < 1.29 is 29.0 Å². The first-order valence-corrected chi connectivity index (χ1v) is 10.9. The molecule has 3 aromatic rings. The average Bonchev–Trinajstić information content (AvgIpc) is 2.91. The number of pyridine rings is 1. The Morgan fingerprint density at radius 3 is 2.20 bits per heavy atom. The summed E-state index contributed by atoms with van der Waals surface area (Å²) in [6.45, 7) is 0. The van der Waals surface area contributed by atoms with E-state index in [4.69, 9.17) is 9.47 Å². The van der Waals surface area contributed by atoms with Crippen LogP contribution in [0.25, 0.3) is 0 Å². The smallest absolute Gasteiger partial charge is 0.328 e. The van der Waals surface area contributed by atoms with Crippen molar-refractivity contribution in [1.29, 1.82) is 0 Å². The third-order valence-electron chi connectivity index (χ3n) is 5.34. The molecular formula is C26H27N3O6. The van der Waals surface area contributed by atoms with Gasteiger partial charge >= 0.3 is 5.97 Å². The summed E-state index contributed by atoms with van der Waals surface area (Å²) in [5.74, 6) is -1.73. The van der Waals surface area contributed by atoms with Crippen molar-refractivity contribution in [3.8, 4) is 5.88 Å². The van der Waals surface area contributed by atoms with Gasteiger partial charge in [0.2, 0.25) is 5.88 Å². The summed E-state index contributed by atoms with van der Waals surface area (Å²) >= 11 is 0. The van der Waals surface area contributed by atoms with Gasteiger partial charge < -0.3 is 25.2 Å². The highest BCUT2D eigenvalue weighted by atomic mass is 16.5. The second-order valence-corrected chi connectivity index (χ2v) is 7.63. The van der Waals surface area contributed by atoms with Gasteiger partial charge in [-0.05, 0) is 23.8 Å². The van der Waals surface area contributed by atoms with Crippen molar-refractivity contribution in [2.45, 2.75) is 24.6 Å². The Morgan fingerprint density at radius 1 is 0.914 bits per heavy atom. The third-order valence-corrected chi connectivity index (χ3v) is 5.34. The molecule has 35 heavy (non-hydrogen) atoms. The van der Waals surface area contributed by atoms with E-state index in [1.807, 2.05) is 0 Å². The molecule has 0 saturated heterocycles. The molecule has 0 aliphatic rings. The minimum Gasteiger partial charge on any atom is -0.481 e. The summed E-state index contributed by atoms with van der Waals surface area (Å²) in [4.78, 5) is 42.4. The highest BCUT2D eigenvalue weighted by Crippen LogP contribution is 2.20. The van der Waals surface area contributed by atoms with Crippen LogP contribution in [0.2, 0.25) is 0 Å². The van der Waals surface area contributed by atoms with E-state index < -0.39 is 36.0 Å². The van der Waals surface area contributed by atoms with Crippen LogP contribution in [0.15, 0.2) is 79.0 Å². The molecule has 0 bridgehead atoms.